The number of ether oxygens (including phenoxy) is 1. The molecule has 0 aromatic carbocycles. The van der Waals surface area contributed by atoms with E-state index in [-0.39, 0.29) is 18.0 Å². The average Bonchev–Trinajstić information content (AvgIpc) is 2.52. The number of rotatable bonds is 0. The lowest BCUT2D eigenvalue weighted by Gasteiger charge is -2.24. The van der Waals surface area contributed by atoms with Gasteiger partial charge in [0, 0.05) is 19.5 Å². The Labute approximate surface area is 108 Å². The van der Waals surface area contributed by atoms with Crippen molar-refractivity contribution in [3.8, 4) is 0 Å². The van der Waals surface area contributed by atoms with Crippen LogP contribution in [0.5, 0.6) is 0 Å². The fourth-order valence-electron chi connectivity index (χ4n) is 2.61. The minimum Gasteiger partial charge on any atom is -0.444 e. The third kappa shape index (κ3) is 3.15. The minimum atomic E-state index is -0.467. The lowest BCUT2D eigenvalue weighted by molar-refractivity contribution is -0.121. The van der Waals surface area contributed by atoms with Gasteiger partial charge in [-0.15, -0.1) is 0 Å². The van der Waals surface area contributed by atoms with Gasteiger partial charge in [0.1, 0.15) is 5.60 Å². The zero-order valence-electron chi connectivity index (χ0n) is 11.4. The van der Waals surface area contributed by atoms with Gasteiger partial charge in [0.05, 0.1) is 6.04 Å². The summed E-state index contributed by atoms with van der Waals surface area (Å²) >= 11 is 0. The van der Waals surface area contributed by atoms with Crippen LogP contribution in [0.3, 0.4) is 0 Å². The summed E-state index contributed by atoms with van der Waals surface area (Å²) in [6.07, 6.45) is 2.25. The molecule has 2 saturated heterocycles. The van der Waals surface area contributed by atoms with Crippen molar-refractivity contribution in [3.05, 3.63) is 0 Å². The van der Waals surface area contributed by atoms with E-state index in [2.05, 4.69) is 5.32 Å². The van der Waals surface area contributed by atoms with E-state index in [0.29, 0.717) is 25.4 Å². The van der Waals surface area contributed by atoms with Crippen LogP contribution in [0.1, 0.15) is 40.0 Å². The summed E-state index contributed by atoms with van der Waals surface area (Å²) in [5, 5.41) is 3.00. The molecule has 5 nitrogen and oxygen atoms in total. The quantitative estimate of drug-likeness (QED) is 0.713. The first-order valence-electron chi connectivity index (χ1n) is 6.62. The van der Waals surface area contributed by atoms with Crippen LogP contribution >= 0.6 is 0 Å². The summed E-state index contributed by atoms with van der Waals surface area (Å²) in [5.74, 6) is 0.484. The Bertz CT molecular complexity index is 349. The molecular formula is C13H22N2O3. The molecule has 0 radical (unpaired) electrons. The first-order chi connectivity index (χ1) is 8.35. The highest BCUT2D eigenvalue weighted by Gasteiger charge is 2.38. The van der Waals surface area contributed by atoms with Crippen LogP contribution in [0.2, 0.25) is 0 Å². The van der Waals surface area contributed by atoms with E-state index in [9.17, 15) is 9.59 Å². The molecule has 2 atom stereocenters. The smallest absolute Gasteiger partial charge is 0.410 e. The maximum atomic E-state index is 12.0. The molecule has 0 unspecified atom stereocenters. The van der Waals surface area contributed by atoms with Crippen molar-refractivity contribution < 1.29 is 14.3 Å². The summed E-state index contributed by atoms with van der Waals surface area (Å²) in [6, 6.07) is 0.104. The monoisotopic (exact) mass is 254 g/mol. The molecular weight excluding hydrogens is 232 g/mol. The molecule has 0 aliphatic carbocycles. The Morgan fingerprint density at radius 2 is 2.11 bits per heavy atom. The van der Waals surface area contributed by atoms with Crippen molar-refractivity contribution >= 4 is 12.0 Å². The topological polar surface area (TPSA) is 58.6 Å². The van der Waals surface area contributed by atoms with Crippen molar-refractivity contribution in [1.82, 2.24) is 10.2 Å². The summed E-state index contributed by atoms with van der Waals surface area (Å²) in [6.45, 7) is 6.85. The lowest BCUT2D eigenvalue weighted by atomic mass is 9.99. The molecule has 18 heavy (non-hydrogen) atoms. The zero-order valence-corrected chi connectivity index (χ0v) is 11.4. The summed E-state index contributed by atoms with van der Waals surface area (Å²) < 4.78 is 5.36. The van der Waals surface area contributed by atoms with Gasteiger partial charge in [-0.1, -0.05) is 0 Å². The molecule has 0 spiro atoms. The standard InChI is InChI=1S/C13H22N2O3/c1-13(2,3)18-12(17)15-7-9-5-4-6-11(16)14-10(9)8-15/h9-10H,4-8H2,1-3H3,(H,14,16)/t9-,10-/m1/s1. The number of fused-ring (bicyclic) bond motifs is 1. The first-order valence-corrected chi connectivity index (χ1v) is 6.62. The second-order valence-corrected chi connectivity index (χ2v) is 6.21. The number of hydrogen-bond acceptors (Lipinski definition) is 3. The maximum Gasteiger partial charge on any atom is 0.410 e. The Morgan fingerprint density at radius 3 is 2.78 bits per heavy atom. The van der Waals surface area contributed by atoms with Crippen LogP contribution in [0.4, 0.5) is 4.79 Å². The van der Waals surface area contributed by atoms with Crippen LogP contribution in [0.15, 0.2) is 0 Å². The SMILES string of the molecule is CC(C)(C)OC(=O)N1C[C@H]2CCCC(=O)N[C@@H]2C1. The summed E-state index contributed by atoms with van der Waals surface area (Å²) in [7, 11) is 0. The highest BCUT2D eigenvalue weighted by molar-refractivity contribution is 5.77. The van der Waals surface area contributed by atoms with Crippen LogP contribution < -0.4 is 5.32 Å². The van der Waals surface area contributed by atoms with Gasteiger partial charge in [-0.05, 0) is 39.5 Å². The molecule has 2 aliphatic rings. The van der Waals surface area contributed by atoms with Crippen LogP contribution in [-0.2, 0) is 9.53 Å². The predicted molar refractivity (Wildman–Crippen MR) is 67.1 cm³/mol. The third-order valence-corrected chi connectivity index (χ3v) is 3.42. The van der Waals surface area contributed by atoms with E-state index >= 15 is 0 Å². The Morgan fingerprint density at radius 1 is 1.39 bits per heavy atom. The Kier molecular flexibility index (Phi) is 3.50. The third-order valence-electron chi connectivity index (χ3n) is 3.42. The molecule has 0 aromatic rings. The van der Waals surface area contributed by atoms with Crippen molar-refractivity contribution in [2.45, 2.75) is 51.7 Å². The number of carbonyl (C=O) groups excluding carboxylic acids is 2. The van der Waals surface area contributed by atoms with E-state index in [1.165, 1.54) is 0 Å². The van der Waals surface area contributed by atoms with Gasteiger partial charge < -0.3 is 15.0 Å². The van der Waals surface area contributed by atoms with Crippen LogP contribution in [-0.4, -0.2) is 41.6 Å². The van der Waals surface area contributed by atoms with Crippen molar-refractivity contribution in [2.75, 3.05) is 13.1 Å². The van der Waals surface area contributed by atoms with Crippen LogP contribution in [0.25, 0.3) is 0 Å². The molecule has 1 N–H and O–H groups in total. The molecule has 2 fully saturated rings. The maximum absolute atomic E-state index is 12.0. The molecule has 0 aromatic heterocycles. The van der Waals surface area contributed by atoms with Gasteiger partial charge in [-0.25, -0.2) is 4.79 Å². The van der Waals surface area contributed by atoms with E-state index in [0.717, 1.165) is 12.8 Å². The number of carbonyl (C=O) groups is 2. The molecule has 102 valence electrons. The van der Waals surface area contributed by atoms with Crippen molar-refractivity contribution in [1.29, 1.82) is 0 Å². The molecule has 2 aliphatic heterocycles. The number of likely N-dealkylation sites (tertiary alicyclic amines) is 1. The first kappa shape index (κ1) is 13.2. The summed E-state index contributed by atoms with van der Waals surface area (Å²) in [4.78, 5) is 25.2. The number of amides is 2. The Hall–Kier alpha value is -1.26. The van der Waals surface area contributed by atoms with E-state index in [1.54, 1.807) is 4.90 Å². The molecule has 2 rings (SSSR count). The molecule has 5 heteroatoms. The van der Waals surface area contributed by atoms with Gasteiger partial charge in [-0.2, -0.15) is 0 Å². The second kappa shape index (κ2) is 4.78. The lowest BCUT2D eigenvalue weighted by Crippen LogP contribution is -2.40. The Balaban J connectivity index is 1.95. The number of hydrogen-bond donors (Lipinski definition) is 1. The van der Waals surface area contributed by atoms with Gasteiger partial charge >= 0.3 is 6.09 Å². The number of nitrogens with zero attached hydrogens (tertiary/aromatic N) is 1. The van der Waals surface area contributed by atoms with E-state index < -0.39 is 5.60 Å². The van der Waals surface area contributed by atoms with Gasteiger partial charge in [0.2, 0.25) is 5.91 Å². The highest BCUT2D eigenvalue weighted by Crippen LogP contribution is 2.26. The van der Waals surface area contributed by atoms with Crippen molar-refractivity contribution in [3.63, 3.8) is 0 Å². The van der Waals surface area contributed by atoms with Gasteiger partial charge in [0.25, 0.3) is 0 Å². The van der Waals surface area contributed by atoms with Gasteiger partial charge in [-0.3, -0.25) is 4.79 Å². The summed E-state index contributed by atoms with van der Waals surface area (Å²) in [5.41, 5.74) is -0.467. The molecule has 2 amide bonds. The average molecular weight is 254 g/mol. The molecule has 0 saturated carbocycles. The minimum absolute atomic E-state index is 0.104. The molecule has 2 heterocycles. The highest BCUT2D eigenvalue weighted by atomic mass is 16.6. The van der Waals surface area contributed by atoms with Crippen LogP contribution in [0, 0.1) is 5.92 Å². The van der Waals surface area contributed by atoms with Gasteiger partial charge in [0.15, 0.2) is 0 Å². The zero-order chi connectivity index (χ0) is 13.3. The van der Waals surface area contributed by atoms with Crippen molar-refractivity contribution in [2.24, 2.45) is 5.92 Å². The van der Waals surface area contributed by atoms with E-state index in [1.807, 2.05) is 20.8 Å². The van der Waals surface area contributed by atoms with E-state index in [4.69, 9.17) is 4.74 Å². The largest absolute Gasteiger partial charge is 0.444 e. The normalized spacial score (nSPS) is 28.4. The number of nitrogens with one attached hydrogen (secondary N) is 1. The fourth-order valence-corrected chi connectivity index (χ4v) is 2.61. The predicted octanol–water partition coefficient (Wildman–Crippen LogP) is 1.52. The second-order valence-electron chi connectivity index (χ2n) is 6.21. The molecule has 0 bridgehead atoms. The fraction of sp³-hybridized carbons (Fsp3) is 0.846.